The summed E-state index contributed by atoms with van der Waals surface area (Å²) in [7, 11) is 0. The van der Waals surface area contributed by atoms with E-state index in [1.165, 1.54) is 0 Å². The van der Waals surface area contributed by atoms with Crippen LogP contribution in [0.4, 0.5) is 5.69 Å². The average molecular weight is 325 g/mol. The molecule has 5 heteroatoms. The molecule has 4 rings (SSSR count). The van der Waals surface area contributed by atoms with Gasteiger partial charge >= 0.3 is 0 Å². The van der Waals surface area contributed by atoms with Crippen molar-refractivity contribution in [2.24, 2.45) is 0 Å². The number of pyridine rings is 2. The van der Waals surface area contributed by atoms with E-state index in [-0.39, 0.29) is 0 Å². The number of nitrogen functional groups attached to an aromatic ring is 1. The summed E-state index contributed by atoms with van der Waals surface area (Å²) in [6, 6.07) is 21.1. The average Bonchev–Trinajstić information content (AvgIpc) is 2.69. The normalized spacial score (nSPS) is 10.6. The Morgan fingerprint density at radius 3 is 1.96 bits per heavy atom. The summed E-state index contributed by atoms with van der Waals surface area (Å²) in [6.45, 7) is 0. The summed E-state index contributed by atoms with van der Waals surface area (Å²) in [6.07, 6.45) is 3.49. The molecule has 3 heterocycles. The maximum atomic E-state index is 5.82. The largest absolute Gasteiger partial charge is 0.399 e. The Morgan fingerprint density at radius 1 is 0.640 bits per heavy atom. The van der Waals surface area contributed by atoms with Crippen LogP contribution >= 0.6 is 0 Å². The van der Waals surface area contributed by atoms with Crippen LogP contribution in [0.25, 0.3) is 33.9 Å². The Labute approximate surface area is 145 Å². The van der Waals surface area contributed by atoms with Crippen molar-refractivity contribution in [3.8, 4) is 33.9 Å². The van der Waals surface area contributed by atoms with Gasteiger partial charge < -0.3 is 5.73 Å². The van der Waals surface area contributed by atoms with Crippen LogP contribution in [0.3, 0.4) is 0 Å². The number of benzene rings is 1. The zero-order valence-corrected chi connectivity index (χ0v) is 13.4. The van der Waals surface area contributed by atoms with E-state index in [9.17, 15) is 0 Å². The first-order valence-corrected chi connectivity index (χ1v) is 7.88. The summed E-state index contributed by atoms with van der Waals surface area (Å²) in [5.41, 5.74) is 11.5. The van der Waals surface area contributed by atoms with E-state index < -0.39 is 0 Å². The minimum Gasteiger partial charge on any atom is -0.399 e. The zero-order chi connectivity index (χ0) is 17.1. The van der Waals surface area contributed by atoms with Gasteiger partial charge in [-0.1, -0.05) is 24.3 Å². The van der Waals surface area contributed by atoms with Gasteiger partial charge in [-0.25, -0.2) is 0 Å². The van der Waals surface area contributed by atoms with E-state index >= 15 is 0 Å². The Hall–Kier alpha value is -3.60. The van der Waals surface area contributed by atoms with Gasteiger partial charge in [-0.2, -0.15) is 0 Å². The number of hydrogen-bond acceptors (Lipinski definition) is 5. The highest BCUT2D eigenvalue weighted by atomic mass is 15.1. The second-order valence-electron chi connectivity index (χ2n) is 5.54. The molecule has 4 aromatic rings. The summed E-state index contributed by atoms with van der Waals surface area (Å²) < 4.78 is 0. The van der Waals surface area contributed by atoms with Crippen molar-refractivity contribution < 1.29 is 0 Å². The summed E-state index contributed by atoms with van der Waals surface area (Å²) >= 11 is 0. The predicted octanol–water partition coefficient (Wildman–Crippen LogP) is 3.85. The smallest absolute Gasteiger partial charge is 0.119 e. The van der Waals surface area contributed by atoms with Gasteiger partial charge in [-0.05, 0) is 48.0 Å². The second-order valence-corrected chi connectivity index (χ2v) is 5.54. The number of anilines is 1. The third-order valence-electron chi connectivity index (χ3n) is 3.85. The summed E-state index contributed by atoms with van der Waals surface area (Å²) in [5, 5.41) is 8.79. The van der Waals surface area contributed by atoms with Crippen molar-refractivity contribution in [1.29, 1.82) is 0 Å². The number of nitrogens with two attached hydrogens (primary N) is 1. The first kappa shape index (κ1) is 15.0. The van der Waals surface area contributed by atoms with Gasteiger partial charge in [0, 0.05) is 23.6 Å². The first-order chi connectivity index (χ1) is 12.3. The molecule has 0 amide bonds. The molecule has 3 aromatic heterocycles. The van der Waals surface area contributed by atoms with Crippen molar-refractivity contribution in [2.45, 2.75) is 0 Å². The highest BCUT2D eigenvalue weighted by Gasteiger charge is 2.14. The van der Waals surface area contributed by atoms with Crippen molar-refractivity contribution in [2.75, 3.05) is 5.73 Å². The number of aromatic nitrogens is 4. The Kier molecular flexibility index (Phi) is 3.88. The Morgan fingerprint density at radius 2 is 1.32 bits per heavy atom. The third-order valence-corrected chi connectivity index (χ3v) is 3.85. The fourth-order valence-corrected chi connectivity index (χ4v) is 2.61. The SMILES string of the molecule is Nc1ccc(-c2cc(-c3ccccn3)nnc2-c2ccccn2)cc1. The molecule has 0 aliphatic heterocycles. The minimum absolute atomic E-state index is 0.715. The molecule has 0 radical (unpaired) electrons. The minimum atomic E-state index is 0.715. The van der Waals surface area contributed by atoms with E-state index in [0.717, 1.165) is 33.9 Å². The zero-order valence-electron chi connectivity index (χ0n) is 13.4. The lowest BCUT2D eigenvalue weighted by atomic mass is 10.0. The summed E-state index contributed by atoms with van der Waals surface area (Å²) in [5.74, 6) is 0. The number of hydrogen-bond donors (Lipinski definition) is 1. The standard InChI is InChI=1S/C20H15N5/c21-15-9-7-14(8-10-15)16-13-19(17-5-1-3-11-22-17)24-25-20(16)18-6-2-4-12-23-18/h1-13H,21H2. The number of rotatable bonds is 3. The molecule has 0 fully saturated rings. The van der Waals surface area contributed by atoms with Crippen LogP contribution in [0.2, 0.25) is 0 Å². The van der Waals surface area contributed by atoms with Gasteiger partial charge in [0.05, 0.1) is 11.4 Å². The van der Waals surface area contributed by atoms with Gasteiger partial charge in [0.25, 0.3) is 0 Å². The molecule has 0 bridgehead atoms. The highest BCUT2D eigenvalue weighted by molar-refractivity contribution is 5.81. The van der Waals surface area contributed by atoms with E-state index in [4.69, 9.17) is 5.73 Å². The lowest BCUT2D eigenvalue weighted by molar-refractivity contribution is 1.03. The van der Waals surface area contributed by atoms with E-state index in [1.807, 2.05) is 66.7 Å². The first-order valence-electron chi connectivity index (χ1n) is 7.88. The molecule has 2 N–H and O–H groups in total. The van der Waals surface area contributed by atoms with Crippen LogP contribution in [0, 0.1) is 0 Å². The van der Waals surface area contributed by atoms with Crippen LogP contribution in [-0.2, 0) is 0 Å². The fraction of sp³-hybridized carbons (Fsp3) is 0. The molecule has 0 saturated heterocycles. The van der Waals surface area contributed by atoms with Gasteiger partial charge in [-0.3, -0.25) is 9.97 Å². The molecular formula is C20H15N5. The van der Waals surface area contributed by atoms with Crippen LogP contribution in [0.1, 0.15) is 0 Å². The monoisotopic (exact) mass is 325 g/mol. The van der Waals surface area contributed by atoms with Crippen LogP contribution in [0.15, 0.2) is 79.1 Å². The van der Waals surface area contributed by atoms with E-state index in [0.29, 0.717) is 5.69 Å². The second kappa shape index (κ2) is 6.49. The van der Waals surface area contributed by atoms with Gasteiger partial charge in [-0.15, -0.1) is 10.2 Å². The molecule has 5 nitrogen and oxygen atoms in total. The highest BCUT2D eigenvalue weighted by Crippen LogP contribution is 2.31. The van der Waals surface area contributed by atoms with Crippen molar-refractivity contribution >= 4 is 5.69 Å². The van der Waals surface area contributed by atoms with Crippen molar-refractivity contribution in [3.63, 3.8) is 0 Å². The third kappa shape index (κ3) is 3.07. The van der Waals surface area contributed by atoms with E-state index in [1.54, 1.807) is 12.4 Å². The van der Waals surface area contributed by atoms with Gasteiger partial charge in [0.2, 0.25) is 0 Å². The number of nitrogens with zero attached hydrogens (tertiary/aromatic N) is 4. The maximum absolute atomic E-state index is 5.82. The molecule has 0 aliphatic carbocycles. The lowest BCUT2D eigenvalue weighted by Gasteiger charge is -2.10. The predicted molar refractivity (Wildman–Crippen MR) is 98.3 cm³/mol. The summed E-state index contributed by atoms with van der Waals surface area (Å²) in [4.78, 5) is 8.77. The molecule has 25 heavy (non-hydrogen) atoms. The Balaban J connectivity index is 1.91. The van der Waals surface area contributed by atoms with Crippen LogP contribution in [0.5, 0.6) is 0 Å². The molecule has 0 aliphatic rings. The quantitative estimate of drug-likeness (QED) is 0.579. The molecule has 0 saturated carbocycles. The molecule has 1 aromatic carbocycles. The van der Waals surface area contributed by atoms with Crippen LogP contribution < -0.4 is 5.73 Å². The maximum Gasteiger partial charge on any atom is 0.119 e. The topological polar surface area (TPSA) is 77.6 Å². The van der Waals surface area contributed by atoms with E-state index in [2.05, 4.69) is 20.2 Å². The van der Waals surface area contributed by atoms with Gasteiger partial charge in [0.15, 0.2) is 0 Å². The molecule has 0 unspecified atom stereocenters. The Bertz CT molecular complexity index is 983. The van der Waals surface area contributed by atoms with Crippen molar-refractivity contribution in [3.05, 3.63) is 79.1 Å². The molecule has 0 spiro atoms. The fourth-order valence-electron chi connectivity index (χ4n) is 2.61. The molecule has 0 atom stereocenters. The lowest BCUT2D eigenvalue weighted by Crippen LogP contribution is -1.98. The van der Waals surface area contributed by atoms with Crippen molar-refractivity contribution in [1.82, 2.24) is 20.2 Å². The van der Waals surface area contributed by atoms with Crippen LogP contribution in [-0.4, -0.2) is 20.2 Å². The van der Waals surface area contributed by atoms with Gasteiger partial charge in [0.1, 0.15) is 11.4 Å². The molecule has 120 valence electrons. The molecular weight excluding hydrogens is 310 g/mol.